The first-order valence-electron chi connectivity index (χ1n) is 7.38. The average molecular weight is 335 g/mol. The summed E-state index contributed by atoms with van der Waals surface area (Å²) < 4.78 is 3.01. The zero-order chi connectivity index (χ0) is 16.5. The quantitative estimate of drug-likeness (QED) is 0.616. The Hall–Kier alpha value is -2.99. The summed E-state index contributed by atoms with van der Waals surface area (Å²) in [5, 5.41) is 12.1. The van der Waals surface area contributed by atoms with Crippen molar-refractivity contribution in [2.24, 2.45) is 0 Å². The summed E-state index contributed by atoms with van der Waals surface area (Å²) in [6, 6.07) is 9.98. The van der Waals surface area contributed by atoms with Crippen molar-refractivity contribution in [1.82, 2.24) is 14.5 Å². The number of nitrogens with zero attached hydrogens (tertiary/aromatic N) is 3. The summed E-state index contributed by atoms with van der Waals surface area (Å²) in [5.74, 6) is -0.184. The molecule has 0 aliphatic heterocycles. The number of carbonyl (C=O) groups is 1. The van der Waals surface area contributed by atoms with Crippen LogP contribution in [0.25, 0.3) is 27.2 Å². The van der Waals surface area contributed by atoms with Crippen LogP contribution in [-0.2, 0) is 11.2 Å². The number of hydrogen-bond donors (Lipinski definition) is 1. The van der Waals surface area contributed by atoms with Crippen molar-refractivity contribution in [2.45, 2.75) is 6.42 Å². The standard InChI is InChI=1S/C18H13N3O2S/c22-18(23)7-12-5-6-21(10-12)17-9-19-8-15(20-17)14-11-24-16-4-2-1-3-13(14)16/h1-6,8-11H,7H2,(H,22,23). The van der Waals surface area contributed by atoms with Crippen molar-refractivity contribution in [2.75, 3.05) is 0 Å². The predicted molar refractivity (Wildman–Crippen MR) is 93.5 cm³/mol. The fraction of sp³-hybridized carbons (Fsp3) is 0.0556. The number of benzene rings is 1. The maximum absolute atomic E-state index is 10.8. The molecule has 0 aliphatic rings. The minimum atomic E-state index is -0.850. The van der Waals surface area contributed by atoms with E-state index in [4.69, 9.17) is 5.11 Å². The lowest BCUT2D eigenvalue weighted by Crippen LogP contribution is -2.00. The summed E-state index contributed by atoms with van der Waals surface area (Å²) in [4.78, 5) is 19.8. The molecule has 1 aromatic carbocycles. The molecular formula is C18H13N3O2S. The van der Waals surface area contributed by atoms with E-state index in [0.29, 0.717) is 5.82 Å². The van der Waals surface area contributed by atoms with Crippen LogP contribution in [0.1, 0.15) is 5.56 Å². The van der Waals surface area contributed by atoms with Crippen LogP contribution in [0.5, 0.6) is 0 Å². The number of carboxylic acids is 1. The number of hydrogen-bond acceptors (Lipinski definition) is 4. The normalized spacial score (nSPS) is 11.0. The lowest BCUT2D eigenvalue weighted by Gasteiger charge is -2.04. The Kier molecular flexibility index (Phi) is 3.59. The molecule has 0 atom stereocenters. The maximum Gasteiger partial charge on any atom is 0.307 e. The van der Waals surface area contributed by atoms with Gasteiger partial charge in [-0.25, -0.2) is 4.98 Å². The topological polar surface area (TPSA) is 68.0 Å². The molecule has 4 aromatic rings. The largest absolute Gasteiger partial charge is 0.481 e. The molecule has 0 aliphatic carbocycles. The van der Waals surface area contributed by atoms with Crippen LogP contribution in [0.2, 0.25) is 0 Å². The van der Waals surface area contributed by atoms with Gasteiger partial charge in [0.2, 0.25) is 0 Å². The molecule has 1 N–H and O–H groups in total. The van der Waals surface area contributed by atoms with Crippen molar-refractivity contribution >= 4 is 27.4 Å². The van der Waals surface area contributed by atoms with Gasteiger partial charge in [0, 0.05) is 33.4 Å². The second-order valence-electron chi connectivity index (χ2n) is 5.41. The van der Waals surface area contributed by atoms with Gasteiger partial charge in [-0.1, -0.05) is 18.2 Å². The van der Waals surface area contributed by atoms with Crippen molar-refractivity contribution < 1.29 is 9.90 Å². The Labute approximate surface area is 141 Å². The third-order valence-electron chi connectivity index (χ3n) is 3.75. The second kappa shape index (κ2) is 5.90. The molecule has 0 fully saturated rings. The number of thiophene rings is 1. The van der Waals surface area contributed by atoms with Crippen LogP contribution in [0, 0.1) is 0 Å². The minimum Gasteiger partial charge on any atom is -0.481 e. The van der Waals surface area contributed by atoms with Crippen molar-refractivity contribution in [3.63, 3.8) is 0 Å². The molecule has 3 heterocycles. The molecule has 0 saturated carbocycles. The Morgan fingerprint density at radius 2 is 2.08 bits per heavy atom. The minimum absolute atomic E-state index is 0.00468. The fourth-order valence-corrected chi connectivity index (χ4v) is 3.60. The molecule has 0 radical (unpaired) electrons. The first kappa shape index (κ1) is 14.6. The van der Waals surface area contributed by atoms with Gasteiger partial charge in [-0.05, 0) is 17.7 Å². The maximum atomic E-state index is 10.8. The molecule has 0 saturated heterocycles. The lowest BCUT2D eigenvalue weighted by molar-refractivity contribution is -0.136. The van der Waals surface area contributed by atoms with E-state index >= 15 is 0 Å². The van der Waals surface area contributed by atoms with E-state index in [9.17, 15) is 4.79 Å². The molecule has 3 aromatic heterocycles. The van der Waals surface area contributed by atoms with Crippen molar-refractivity contribution in [3.05, 3.63) is 66.1 Å². The van der Waals surface area contributed by atoms with Crippen LogP contribution < -0.4 is 0 Å². The number of rotatable bonds is 4. The van der Waals surface area contributed by atoms with Crippen LogP contribution in [0.3, 0.4) is 0 Å². The molecule has 5 nitrogen and oxygen atoms in total. The number of fused-ring (bicyclic) bond motifs is 1. The van der Waals surface area contributed by atoms with E-state index in [2.05, 4.69) is 27.5 Å². The van der Waals surface area contributed by atoms with Gasteiger partial charge in [0.25, 0.3) is 0 Å². The van der Waals surface area contributed by atoms with Crippen LogP contribution in [0.4, 0.5) is 0 Å². The molecule has 0 unspecified atom stereocenters. The average Bonchev–Trinajstić information content (AvgIpc) is 3.21. The molecule has 118 valence electrons. The molecule has 0 amide bonds. The number of aromatic nitrogens is 3. The van der Waals surface area contributed by atoms with Gasteiger partial charge in [-0.15, -0.1) is 11.3 Å². The molecule has 24 heavy (non-hydrogen) atoms. The molecule has 0 bridgehead atoms. The summed E-state index contributed by atoms with van der Waals surface area (Å²) in [6.45, 7) is 0. The highest BCUT2D eigenvalue weighted by Gasteiger charge is 2.10. The highest BCUT2D eigenvalue weighted by molar-refractivity contribution is 7.17. The van der Waals surface area contributed by atoms with Crippen LogP contribution in [-0.4, -0.2) is 25.6 Å². The highest BCUT2D eigenvalue weighted by atomic mass is 32.1. The SMILES string of the molecule is O=C(O)Cc1ccn(-c2cncc(-c3csc4ccccc34)n2)c1. The smallest absolute Gasteiger partial charge is 0.307 e. The third kappa shape index (κ3) is 2.68. The first-order chi connectivity index (χ1) is 11.7. The second-order valence-corrected chi connectivity index (χ2v) is 6.32. The molecule has 0 spiro atoms. The third-order valence-corrected chi connectivity index (χ3v) is 4.72. The molecular weight excluding hydrogens is 322 g/mol. The van der Waals surface area contributed by atoms with Gasteiger partial charge in [0.1, 0.15) is 0 Å². The fourth-order valence-electron chi connectivity index (χ4n) is 2.65. The predicted octanol–water partition coefficient (Wildman–Crippen LogP) is 3.78. The van der Waals surface area contributed by atoms with Crippen LogP contribution >= 0.6 is 11.3 Å². The van der Waals surface area contributed by atoms with Gasteiger partial charge in [-0.3, -0.25) is 9.78 Å². The Bertz CT molecular complexity index is 1040. The van der Waals surface area contributed by atoms with Gasteiger partial charge in [-0.2, -0.15) is 0 Å². The van der Waals surface area contributed by atoms with Gasteiger partial charge < -0.3 is 9.67 Å². The monoisotopic (exact) mass is 335 g/mol. The summed E-state index contributed by atoms with van der Waals surface area (Å²) in [6.07, 6.45) is 6.99. The van der Waals surface area contributed by atoms with E-state index in [1.54, 1.807) is 46.8 Å². The van der Waals surface area contributed by atoms with E-state index in [0.717, 1.165) is 22.2 Å². The Morgan fingerprint density at radius 3 is 2.96 bits per heavy atom. The molecule has 6 heteroatoms. The van der Waals surface area contributed by atoms with Crippen LogP contribution in [0.15, 0.2) is 60.5 Å². The zero-order valence-corrected chi connectivity index (χ0v) is 13.4. The van der Waals surface area contributed by atoms with E-state index in [1.807, 2.05) is 12.1 Å². The first-order valence-corrected chi connectivity index (χ1v) is 8.26. The summed E-state index contributed by atoms with van der Waals surface area (Å²) in [7, 11) is 0. The number of aliphatic carboxylic acids is 1. The highest BCUT2D eigenvalue weighted by Crippen LogP contribution is 2.32. The Balaban J connectivity index is 1.74. The van der Waals surface area contributed by atoms with E-state index in [1.165, 1.54) is 4.70 Å². The molecule has 4 rings (SSSR count). The van der Waals surface area contributed by atoms with Gasteiger partial charge in [0.05, 0.1) is 24.5 Å². The number of carboxylic acid groups (broad SMARTS) is 1. The van der Waals surface area contributed by atoms with Gasteiger partial charge >= 0.3 is 5.97 Å². The summed E-state index contributed by atoms with van der Waals surface area (Å²) in [5.41, 5.74) is 2.59. The van der Waals surface area contributed by atoms with Crippen molar-refractivity contribution in [3.8, 4) is 17.1 Å². The van der Waals surface area contributed by atoms with Crippen molar-refractivity contribution in [1.29, 1.82) is 0 Å². The lowest BCUT2D eigenvalue weighted by atomic mass is 10.1. The zero-order valence-electron chi connectivity index (χ0n) is 12.6. The van der Waals surface area contributed by atoms with E-state index in [-0.39, 0.29) is 6.42 Å². The van der Waals surface area contributed by atoms with Gasteiger partial charge in [0.15, 0.2) is 5.82 Å². The summed E-state index contributed by atoms with van der Waals surface area (Å²) >= 11 is 1.68. The Morgan fingerprint density at radius 1 is 1.21 bits per heavy atom. The van der Waals surface area contributed by atoms with E-state index < -0.39 is 5.97 Å².